The van der Waals surface area contributed by atoms with Crippen molar-refractivity contribution in [1.29, 1.82) is 0 Å². The number of sulfonamides is 1. The molecule has 0 aromatic rings. The second-order valence-electron chi connectivity index (χ2n) is 2.98. The zero-order chi connectivity index (χ0) is 8.54. The zero-order valence-corrected chi connectivity index (χ0v) is 8.39. The number of thioether (sulfide) groups is 1. The Morgan fingerprint density at radius 3 is 2.36 bits per heavy atom. The lowest BCUT2D eigenvalue weighted by atomic mass is 10.4. The van der Waals surface area contributed by atoms with E-state index < -0.39 is 10.0 Å². The minimum Gasteiger partial charge on any atom is -0.214 e. The highest BCUT2D eigenvalue weighted by Crippen LogP contribution is 2.46. The van der Waals surface area contributed by atoms with Gasteiger partial charge in [0.15, 0.2) is 0 Å². The molecule has 0 heterocycles. The molecule has 11 heavy (non-hydrogen) atoms. The van der Waals surface area contributed by atoms with E-state index in [1.807, 2.05) is 6.26 Å². The molecule has 1 N–H and O–H groups in total. The predicted octanol–water partition coefficient (Wildman–Crippen LogP) is 0.431. The average Bonchev–Trinajstić information content (AvgIpc) is 2.63. The molecule has 0 saturated heterocycles. The fourth-order valence-electron chi connectivity index (χ4n) is 0.855. The Hall–Kier alpha value is 0.260. The van der Waals surface area contributed by atoms with Crippen molar-refractivity contribution >= 4 is 21.8 Å². The monoisotopic (exact) mass is 195 g/mol. The predicted molar refractivity (Wildman–Crippen MR) is 48.3 cm³/mol. The molecular formula is C6H13NO2S2. The number of rotatable bonds is 4. The van der Waals surface area contributed by atoms with E-state index in [1.54, 1.807) is 11.8 Å². The first-order valence-corrected chi connectivity index (χ1v) is 6.59. The van der Waals surface area contributed by atoms with Gasteiger partial charge in [-0.15, -0.1) is 0 Å². The molecule has 0 amide bonds. The third-order valence-corrected chi connectivity index (χ3v) is 3.98. The van der Waals surface area contributed by atoms with Gasteiger partial charge in [-0.25, -0.2) is 13.1 Å². The maximum atomic E-state index is 10.7. The van der Waals surface area contributed by atoms with Gasteiger partial charge in [-0.2, -0.15) is 11.8 Å². The summed E-state index contributed by atoms with van der Waals surface area (Å²) in [6, 6.07) is 0. The van der Waals surface area contributed by atoms with Gasteiger partial charge in [-0.3, -0.25) is 0 Å². The van der Waals surface area contributed by atoms with Gasteiger partial charge in [0.25, 0.3) is 0 Å². The number of hydrogen-bond donors (Lipinski definition) is 1. The lowest BCUT2D eigenvalue weighted by molar-refractivity contribution is 0.586. The van der Waals surface area contributed by atoms with E-state index in [4.69, 9.17) is 0 Å². The molecule has 0 atom stereocenters. The molecule has 3 nitrogen and oxygen atoms in total. The van der Waals surface area contributed by atoms with Crippen molar-refractivity contribution in [2.24, 2.45) is 0 Å². The summed E-state index contributed by atoms with van der Waals surface area (Å²) in [5.41, 5.74) is 0. The molecular weight excluding hydrogens is 182 g/mol. The van der Waals surface area contributed by atoms with Crippen LogP contribution < -0.4 is 4.72 Å². The lowest BCUT2D eigenvalue weighted by Gasteiger charge is -2.10. The Kier molecular flexibility index (Phi) is 2.51. The van der Waals surface area contributed by atoms with Crippen LogP contribution in [0.3, 0.4) is 0 Å². The maximum absolute atomic E-state index is 10.7. The minimum atomic E-state index is -2.99. The third-order valence-electron chi connectivity index (χ3n) is 1.90. The summed E-state index contributed by atoms with van der Waals surface area (Å²) in [6.07, 6.45) is 5.49. The standard InChI is InChI=1S/C6H13NO2S2/c1-10-6(3-4-6)5-7-11(2,8)9/h7H,3-5H2,1-2H3. The van der Waals surface area contributed by atoms with E-state index in [1.165, 1.54) is 6.26 Å². The molecule has 1 saturated carbocycles. The van der Waals surface area contributed by atoms with Gasteiger partial charge >= 0.3 is 0 Å². The van der Waals surface area contributed by atoms with Crippen molar-refractivity contribution < 1.29 is 8.42 Å². The van der Waals surface area contributed by atoms with Crippen LogP contribution in [-0.2, 0) is 10.0 Å². The van der Waals surface area contributed by atoms with Crippen molar-refractivity contribution in [3.8, 4) is 0 Å². The Balaban J connectivity index is 2.33. The van der Waals surface area contributed by atoms with Crippen LogP contribution in [0.5, 0.6) is 0 Å². The second kappa shape index (κ2) is 2.95. The first-order valence-electron chi connectivity index (χ1n) is 3.47. The van der Waals surface area contributed by atoms with Crippen molar-refractivity contribution in [3.63, 3.8) is 0 Å². The highest BCUT2D eigenvalue weighted by Gasteiger charge is 2.42. The van der Waals surface area contributed by atoms with Crippen LogP contribution in [0.25, 0.3) is 0 Å². The smallest absolute Gasteiger partial charge is 0.208 e. The molecule has 1 aliphatic carbocycles. The fourth-order valence-corrected chi connectivity index (χ4v) is 2.21. The van der Waals surface area contributed by atoms with Gasteiger partial charge in [-0.05, 0) is 19.1 Å². The summed E-state index contributed by atoms with van der Waals surface area (Å²) >= 11 is 1.75. The number of nitrogens with one attached hydrogen (secondary N) is 1. The van der Waals surface area contributed by atoms with Crippen molar-refractivity contribution in [2.45, 2.75) is 17.6 Å². The summed E-state index contributed by atoms with van der Waals surface area (Å²) in [6.45, 7) is 0.590. The summed E-state index contributed by atoms with van der Waals surface area (Å²) in [5.74, 6) is 0. The van der Waals surface area contributed by atoms with Crippen LogP contribution >= 0.6 is 11.8 Å². The van der Waals surface area contributed by atoms with Gasteiger partial charge in [0.05, 0.1) is 6.26 Å². The Morgan fingerprint density at radius 2 is 2.09 bits per heavy atom. The average molecular weight is 195 g/mol. The molecule has 0 spiro atoms. The van der Waals surface area contributed by atoms with E-state index >= 15 is 0 Å². The summed E-state index contributed by atoms with van der Waals surface area (Å²) in [5, 5.41) is 0. The largest absolute Gasteiger partial charge is 0.214 e. The van der Waals surface area contributed by atoms with E-state index in [0.29, 0.717) is 6.54 Å². The van der Waals surface area contributed by atoms with Crippen LogP contribution in [0, 0.1) is 0 Å². The molecule has 1 fully saturated rings. The normalized spacial score (nSPS) is 21.6. The van der Waals surface area contributed by atoms with Gasteiger partial charge in [-0.1, -0.05) is 0 Å². The van der Waals surface area contributed by atoms with E-state index in [-0.39, 0.29) is 4.75 Å². The van der Waals surface area contributed by atoms with Crippen LogP contribution in [0.2, 0.25) is 0 Å². The lowest BCUT2D eigenvalue weighted by Crippen LogP contribution is -2.30. The van der Waals surface area contributed by atoms with E-state index in [0.717, 1.165) is 12.8 Å². The molecule has 0 unspecified atom stereocenters. The van der Waals surface area contributed by atoms with Gasteiger partial charge in [0.2, 0.25) is 10.0 Å². The van der Waals surface area contributed by atoms with Crippen molar-refractivity contribution in [1.82, 2.24) is 4.72 Å². The third kappa shape index (κ3) is 3.01. The maximum Gasteiger partial charge on any atom is 0.208 e. The van der Waals surface area contributed by atoms with Crippen molar-refractivity contribution in [2.75, 3.05) is 19.1 Å². The van der Waals surface area contributed by atoms with Crippen LogP contribution in [-0.4, -0.2) is 32.2 Å². The molecule has 1 rings (SSSR count). The van der Waals surface area contributed by atoms with Gasteiger partial charge < -0.3 is 0 Å². The van der Waals surface area contributed by atoms with Gasteiger partial charge in [0, 0.05) is 11.3 Å². The highest BCUT2D eigenvalue weighted by molar-refractivity contribution is 8.00. The fraction of sp³-hybridized carbons (Fsp3) is 1.00. The molecule has 1 aliphatic rings. The molecule has 0 aliphatic heterocycles. The van der Waals surface area contributed by atoms with Crippen LogP contribution in [0.1, 0.15) is 12.8 Å². The molecule has 0 bridgehead atoms. The Labute approximate surface area is 72.0 Å². The summed E-state index contributed by atoms with van der Waals surface area (Å²) in [4.78, 5) is 0. The summed E-state index contributed by atoms with van der Waals surface area (Å²) < 4.78 is 24.2. The Bertz CT molecular complexity index is 231. The minimum absolute atomic E-state index is 0.225. The van der Waals surface area contributed by atoms with Crippen LogP contribution in [0.4, 0.5) is 0 Å². The molecule has 0 radical (unpaired) electrons. The van der Waals surface area contributed by atoms with E-state index in [9.17, 15) is 8.42 Å². The molecule has 5 heteroatoms. The SMILES string of the molecule is CSC1(CNS(C)(=O)=O)CC1. The number of hydrogen-bond acceptors (Lipinski definition) is 3. The quantitative estimate of drug-likeness (QED) is 0.707. The molecule has 0 aromatic carbocycles. The molecule has 0 aromatic heterocycles. The van der Waals surface area contributed by atoms with Gasteiger partial charge in [0.1, 0.15) is 0 Å². The van der Waals surface area contributed by atoms with E-state index in [2.05, 4.69) is 4.72 Å². The highest BCUT2D eigenvalue weighted by atomic mass is 32.2. The zero-order valence-electron chi connectivity index (χ0n) is 6.75. The summed E-state index contributed by atoms with van der Waals surface area (Å²) in [7, 11) is -2.99. The second-order valence-corrected chi connectivity index (χ2v) is 6.09. The first kappa shape index (κ1) is 9.35. The topological polar surface area (TPSA) is 46.2 Å². The Morgan fingerprint density at radius 1 is 1.55 bits per heavy atom. The van der Waals surface area contributed by atoms with Crippen LogP contribution in [0.15, 0.2) is 0 Å². The first-order chi connectivity index (χ1) is 4.97. The molecule has 66 valence electrons. The van der Waals surface area contributed by atoms with Crippen molar-refractivity contribution in [3.05, 3.63) is 0 Å².